The number of carbonyl (C=O) groups is 2. The maximum absolute atomic E-state index is 12.7. The standard InChI is InChI=1S/C17H13F3N2O4S/c1-10(23)11-3-2-4-13(7-11)21-16(24)9-27-15-6-5-12(17(18,19)20)8-14(15)22(25)26/h2-8H,9H2,1H3,(H,21,24). The number of ketones is 1. The average molecular weight is 398 g/mol. The topological polar surface area (TPSA) is 89.3 Å². The molecule has 2 rings (SSSR count). The molecule has 1 amide bonds. The van der Waals surface area contributed by atoms with Gasteiger partial charge in [0.2, 0.25) is 5.91 Å². The van der Waals surface area contributed by atoms with Crippen LogP contribution in [0.15, 0.2) is 47.4 Å². The molecule has 0 spiro atoms. The highest BCUT2D eigenvalue weighted by molar-refractivity contribution is 8.00. The number of nitrogens with one attached hydrogen (secondary N) is 1. The minimum Gasteiger partial charge on any atom is -0.325 e. The minimum absolute atomic E-state index is 0.0550. The van der Waals surface area contributed by atoms with Crippen LogP contribution in [-0.2, 0) is 11.0 Å². The van der Waals surface area contributed by atoms with Crippen molar-refractivity contribution >= 4 is 34.8 Å². The van der Waals surface area contributed by atoms with Crippen LogP contribution in [0.5, 0.6) is 0 Å². The predicted octanol–water partition coefficient (Wildman–Crippen LogP) is 4.55. The summed E-state index contributed by atoms with van der Waals surface area (Å²) in [5.74, 6) is -0.952. The Morgan fingerprint density at radius 2 is 1.89 bits per heavy atom. The molecule has 0 aliphatic carbocycles. The first kappa shape index (κ1) is 20.4. The zero-order valence-electron chi connectivity index (χ0n) is 13.9. The second-order valence-electron chi connectivity index (χ2n) is 5.41. The molecule has 6 nitrogen and oxygen atoms in total. The maximum Gasteiger partial charge on any atom is 0.416 e. The lowest BCUT2D eigenvalue weighted by atomic mass is 10.1. The molecule has 0 saturated heterocycles. The summed E-state index contributed by atoms with van der Waals surface area (Å²) in [4.78, 5) is 33.4. The number of benzene rings is 2. The highest BCUT2D eigenvalue weighted by Crippen LogP contribution is 2.36. The Morgan fingerprint density at radius 3 is 2.48 bits per heavy atom. The Morgan fingerprint density at radius 1 is 1.19 bits per heavy atom. The first-order valence-electron chi connectivity index (χ1n) is 7.47. The van der Waals surface area contributed by atoms with Crippen molar-refractivity contribution in [3.8, 4) is 0 Å². The van der Waals surface area contributed by atoms with Crippen molar-refractivity contribution in [2.24, 2.45) is 0 Å². The van der Waals surface area contributed by atoms with Crippen molar-refractivity contribution in [2.45, 2.75) is 18.0 Å². The number of hydrogen-bond acceptors (Lipinski definition) is 5. The monoisotopic (exact) mass is 398 g/mol. The van der Waals surface area contributed by atoms with Crippen LogP contribution in [0.2, 0.25) is 0 Å². The van der Waals surface area contributed by atoms with E-state index in [1.54, 1.807) is 18.2 Å². The smallest absolute Gasteiger partial charge is 0.325 e. The molecular weight excluding hydrogens is 385 g/mol. The van der Waals surface area contributed by atoms with Gasteiger partial charge in [-0.15, -0.1) is 11.8 Å². The van der Waals surface area contributed by atoms with Crippen molar-refractivity contribution in [3.63, 3.8) is 0 Å². The first-order valence-corrected chi connectivity index (χ1v) is 8.46. The second kappa shape index (κ2) is 8.21. The molecule has 1 N–H and O–H groups in total. The molecular formula is C17H13F3N2O4S. The van der Waals surface area contributed by atoms with Gasteiger partial charge in [0.25, 0.3) is 5.69 Å². The fourth-order valence-electron chi connectivity index (χ4n) is 2.11. The molecule has 27 heavy (non-hydrogen) atoms. The van der Waals surface area contributed by atoms with Crippen LogP contribution in [0.4, 0.5) is 24.5 Å². The zero-order chi connectivity index (χ0) is 20.2. The lowest BCUT2D eigenvalue weighted by Gasteiger charge is -2.09. The molecule has 2 aromatic carbocycles. The van der Waals surface area contributed by atoms with Crippen molar-refractivity contribution in [3.05, 3.63) is 63.7 Å². The van der Waals surface area contributed by atoms with E-state index in [1.165, 1.54) is 13.0 Å². The van der Waals surface area contributed by atoms with Crippen LogP contribution in [0, 0.1) is 10.1 Å². The first-order chi connectivity index (χ1) is 12.6. The van der Waals surface area contributed by atoms with E-state index in [-0.39, 0.29) is 16.4 Å². The third kappa shape index (κ3) is 5.55. The summed E-state index contributed by atoms with van der Waals surface area (Å²) < 4.78 is 38.1. The molecule has 0 aromatic heterocycles. The van der Waals surface area contributed by atoms with Crippen LogP contribution in [-0.4, -0.2) is 22.4 Å². The SMILES string of the molecule is CC(=O)c1cccc(NC(=O)CSc2ccc(C(F)(F)F)cc2[N+](=O)[O-])c1. The Hall–Kier alpha value is -2.88. The Balaban J connectivity index is 2.09. The van der Waals surface area contributed by atoms with Crippen molar-refractivity contribution in [1.82, 2.24) is 0 Å². The molecule has 0 heterocycles. The zero-order valence-corrected chi connectivity index (χ0v) is 14.7. The van der Waals surface area contributed by atoms with E-state index in [9.17, 15) is 32.9 Å². The van der Waals surface area contributed by atoms with Crippen LogP contribution in [0.25, 0.3) is 0 Å². The summed E-state index contributed by atoms with van der Waals surface area (Å²) in [6, 6.07) is 8.34. The predicted molar refractivity (Wildman–Crippen MR) is 93.9 cm³/mol. The molecule has 0 aliphatic heterocycles. The number of hydrogen-bond donors (Lipinski definition) is 1. The second-order valence-corrected chi connectivity index (χ2v) is 6.43. The van der Waals surface area contributed by atoms with Crippen LogP contribution in [0.1, 0.15) is 22.8 Å². The van der Waals surface area contributed by atoms with Crippen LogP contribution in [0.3, 0.4) is 0 Å². The highest BCUT2D eigenvalue weighted by atomic mass is 32.2. The van der Waals surface area contributed by atoms with Gasteiger partial charge in [-0.2, -0.15) is 13.2 Å². The van der Waals surface area contributed by atoms with Gasteiger partial charge in [0.05, 0.1) is 21.1 Å². The third-order valence-corrected chi connectivity index (χ3v) is 4.46. The van der Waals surface area contributed by atoms with Crippen molar-refractivity contribution in [1.29, 1.82) is 0 Å². The number of amides is 1. The van der Waals surface area contributed by atoms with Crippen molar-refractivity contribution in [2.75, 3.05) is 11.1 Å². The van der Waals surface area contributed by atoms with E-state index in [0.29, 0.717) is 17.3 Å². The number of thioether (sulfide) groups is 1. The molecule has 0 unspecified atom stereocenters. The average Bonchev–Trinajstić information content (AvgIpc) is 2.59. The highest BCUT2D eigenvalue weighted by Gasteiger charge is 2.33. The van der Waals surface area contributed by atoms with E-state index in [2.05, 4.69) is 5.32 Å². The van der Waals surface area contributed by atoms with Gasteiger partial charge in [-0.05, 0) is 31.2 Å². The van der Waals surface area contributed by atoms with E-state index in [0.717, 1.165) is 23.9 Å². The van der Waals surface area contributed by atoms with Gasteiger partial charge < -0.3 is 5.32 Å². The Kier molecular flexibility index (Phi) is 6.21. The lowest BCUT2D eigenvalue weighted by Crippen LogP contribution is -2.14. The van der Waals surface area contributed by atoms with Crippen LogP contribution >= 0.6 is 11.8 Å². The molecule has 0 saturated carbocycles. The number of halogens is 3. The van der Waals surface area contributed by atoms with Gasteiger partial charge >= 0.3 is 6.18 Å². The minimum atomic E-state index is -4.70. The van der Waals surface area contributed by atoms with Gasteiger partial charge in [-0.1, -0.05) is 12.1 Å². The summed E-state index contributed by atoms with van der Waals surface area (Å²) >= 11 is 0.745. The summed E-state index contributed by atoms with van der Waals surface area (Å²) in [5, 5.41) is 13.6. The van der Waals surface area contributed by atoms with Gasteiger partial charge in [-0.3, -0.25) is 19.7 Å². The van der Waals surface area contributed by atoms with Gasteiger partial charge in [0, 0.05) is 17.3 Å². The largest absolute Gasteiger partial charge is 0.416 e. The Bertz CT molecular complexity index is 900. The van der Waals surface area contributed by atoms with E-state index in [4.69, 9.17) is 0 Å². The number of nitro groups is 1. The molecule has 0 bridgehead atoms. The lowest BCUT2D eigenvalue weighted by molar-refractivity contribution is -0.388. The quantitative estimate of drug-likeness (QED) is 0.334. The third-order valence-electron chi connectivity index (χ3n) is 3.39. The van der Waals surface area contributed by atoms with Gasteiger partial charge in [0.15, 0.2) is 5.78 Å². The fourth-order valence-corrected chi connectivity index (χ4v) is 2.92. The normalized spacial score (nSPS) is 11.1. The molecule has 142 valence electrons. The number of Topliss-reactive ketones (excluding diaryl/α,β-unsaturated/α-hetero) is 1. The van der Waals surface area contributed by atoms with Crippen molar-refractivity contribution < 1.29 is 27.7 Å². The van der Waals surface area contributed by atoms with Crippen LogP contribution < -0.4 is 5.32 Å². The van der Waals surface area contributed by atoms with E-state index < -0.39 is 28.3 Å². The molecule has 2 aromatic rings. The summed E-state index contributed by atoms with van der Waals surface area (Å²) in [5.41, 5.74) is -1.08. The summed E-state index contributed by atoms with van der Waals surface area (Å²) in [6.45, 7) is 1.38. The number of rotatable bonds is 6. The number of anilines is 1. The molecule has 0 atom stereocenters. The van der Waals surface area contributed by atoms with Gasteiger partial charge in [0.1, 0.15) is 0 Å². The molecule has 0 radical (unpaired) electrons. The maximum atomic E-state index is 12.7. The fraction of sp³-hybridized carbons (Fsp3) is 0.176. The number of nitro benzene ring substituents is 1. The van der Waals surface area contributed by atoms with E-state index >= 15 is 0 Å². The molecule has 0 aliphatic rings. The molecule has 10 heteroatoms. The summed E-state index contributed by atoms with van der Waals surface area (Å²) in [6.07, 6.45) is -4.70. The number of alkyl halides is 3. The number of nitrogens with zero attached hydrogens (tertiary/aromatic N) is 1. The molecule has 0 fully saturated rings. The summed E-state index contributed by atoms with van der Waals surface area (Å²) in [7, 11) is 0. The van der Waals surface area contributed by atoms with Gasteiger partial charge in [-0.25, -0.2) is 0 Å². The van der Waals surface area contributed by atoms with E-state index in [1.807, 2.05) is 0 Å². The number of carbonyl (C=O) groups excluding carboxylic acids is 2. The Labute approximate surface area is 155 Å².